The predicted molar refractivity (Wildman–Crippen MR) is 289 cm³/mol. The number of primary amides is 1. The highest BCUT2D eigenvalue weighted by atomic mass is 19.4. The van der Waals surface area contributed by atoms with Crippen LogP contribution in [0.25, 0.3) is 11.1 Å². The van der Waals surface area contributed by atoms with E-state index in [1.165, 1.54) is 31.2 Å². The van der Waals surface area contributed by atoms with Gasteiger partial charge in [-0.15, -0.1) is 0 Å². The van der Waals surface area contributed by atoms with E-state index in [1.807, 2.05) is 0 Å². The lowest BCUT2D eigenvalue weighted by Gasteiger charge is -2.22. The summed E-state index contributed by atoms with van der Waals surface area (Å²) in [6, 6.07) is 12.5. The van der Waals surface area contributed by atoms with Crippen LogP contribution in [0.2, 0.25) is 0 Å². The van der Waals surface area contributed by atoms with Crippen LogP contribution in [0, 0.1) is 17.5 Å². The third-order valence-electron chi connectivity index (χ3n) is 12.2. The smallest absolute Gasteiger partial charge is 0.435 e. The molecule has 1 atom stereocenters. The lowest BCUT2D eigenvalue weighted by Crippen LogP contribution is -2.23. The van der Waals surface area contributed by atoms with Gasteiger partial charge in [0.1, 0.15) is 30.5 Å². The summed E-state index contributed by atoms with van der Waals surface area (Å²) in [5, 5.41) is 19.0. The van der Waals surface area contributed by atoms with Crippen molar-refractivity contribution in [3.05, 3.63) is 141 Å². The van der Waals surface area contributed by atoms with E-state index in [1.54, 1.807) is 81.4 Å². The molecule has 0 saturated carbocycles. The molecule has 0 aliphatic carbocycles. The predicted octanol–water partition coefficient (Wildman–Crippen LogP) is 13.2. The Bertz CT molecular complexity index is 3200. The minimum atomic E-state index is -4.72. The van der Waals surface area contributed by atoms with Crippen molar-refractivity contribution in [1.29, 1.82) is 0 Å². The number of esters is 1. The van der Waals surface area contributed by atoms with Gasteiger partial charge in [0.05, 0.1) is 24.4 Å². The van der Waals surface area contributed by atoms with Crippen LogP contribution in [0.3, 0.4) is 0 Å². The molecule has 85 heavy (non-hydrogen) atoms. The number of carboxylic acid groups (broad SMARTS) is 1. The number of aliphatic carboxylic acids is 1. The van der Waals surface area contributed by atoms with Crippen molar-refractivity contribution in [1.82, 2.24) is 34.3 Å². The fourth-order valence-electron chi connectivity index (χ4n) is 8.46. The third kappa shape index (κ3) is 21.5. The minimum absolute atomic E-state index is 0. The molecule has 0 radical (unpaired) electrons. The number of carbonyl (C=O) groups excluding carboxylic acids is 3. The number of hydrogen-bond donors (Lipinski definition) is 2. The normalized spacial score (nSPS) is 13.2. The van der Waals surface area contributed by atoms with Gasteiger partial charge in [0, 0.05) is 76.7 Å². The Morgan fingerprint density at radius 3 is 1.48 bits per heavy atom. The Morgan fingerprint density at radius 2 is 1.09 bits per heavy atom. The van der Waals surface area contributed by atoms with Crippen molar-refractivity contribution in [2.24, 2.45) is 5.73 Å². The summed E-state index contributed by atoms with van der Waals surface area (Å²) in [5.41, 5.74) is 1.82. The molecule has 1 amide bonds. The van der Waals surface area contributed by atoms with E-state index in [2.05, 4.69) is 20.3 Å². The lowest BCUT2D eigenvalue weighted by molar-refractivity contribution is -0.146. The van der Waals surface area contributed by atoms with E-state index in [0.29, 0.717) is 22.9 Å². The van der Waals surface area contributed by atoms with Gasteiger partial charge in [-0.05, 0) is 85.8 Å². The zero-order valence-electron chi connectivity index (χ0n) is 47.7. The summed E-state index contributed by atoms with van der Waals surface area (Å²) in [7, 11) is 0. The lowest BCUT2D eigenvalue weighted by atomic mass is 9.86. The highest BCUT2D eigenvalue weighted by Crippen LogP contribution is 2.37. The van der Waals surface area contributed by atoms with Crippen LogP contribution in [0.4, 0.5) is 52.7 Å². The van der Waals surface area contributed by atoms with Crippen molar-refractivity contribution in [3.8, 4) is 11.1 Å². The molecular weight excluding hydrogens is 1150 g/mol. The molecule has 0 spiro atoms. The Hall–Kier alpha value is -7.58. The van der Waals surface area contributed by atoms with E-state index in [0.717, 1.165) is 63.7 Å². The number of rotatable bonds is 14. The van der Waals surface area contributed by atoms with Gasteiger partial charge in [0.2, 0.25) is 0 Å². The van der Waals surface area contributed by atoms with Crippen molar-refractivity contribution in [2.45, 2.75) is 163 Å². The number of alkyl halides is 9. The summed E-state index contributed by atoms with van der Waals surface area (Å²) >= 11 is 0. The minimum Gasteiger partial charge on any atom is -0.480 e. The van der Waals surface area contributed by atoms with Gasteiger partial charge in [-0.2, -0.15) is 54.8 Å². The average molecular weight is 1220 g/mol. The molecule has 4 aromatic heterocycles. The zero-order valence-corrected chi connectivity index (χ0v) is 47.7. The first-order chi connectivity index (χ1) is 38.6. The van der Waals surface area contributed by atoms with Gasteiger partial charge in [-0.25, -0.2) is 13.2 Å². The first-order valence-electron chi connectivity index (χ1n) is 26.0. The van der Waals surface area contributed by atoms with E-state index in [-0.39, 0.29) is 61.6 Å². The molecule has 0 bridgehead atoms. The summed E-state index contributed by atoms with van der Waals surface area (Å²) < 4.78 is 171. The number of benzene rings is 2. The molecule has 2 aromatic carbocycles. The monoisotopic (exact) mass is 1220 g/mol. The average Bonchev–Trinajstić information content (AvgIpc) is 3.00. The SMILES string of the molecule is C.C1CCOC1.CC(C)(C)c1cc(C(F)(F)F)nn1CC(=O)C[C@@H](Cc1cc(F)cc(F)c1)c1ncccc1-c1ccc(F)c(C(N)=O)c1.CC(C)(C)c1cc(C(F)(F)F)nn1CC(=O)O.CCOC(=O)Cn1nc(C(F)(F)F)cc1C(C)(C)C. The van der Waals surface area contributed by atoms with Crippen LogP contribution in [0.15, 0.2) is 72.9 Å². The van der Waals surface area contributed by atoms with Crippen molar-refractivity contribution in [3.63, 3.8) is 0 Å². The molecule has 15 nitrogen and oxygen atoms in total. The molecule has 0 unspecified atom stereocenters. The highest BCUT2D eigenvalue weighted by molar-refractivity contribution is 5.94. The molecule has 468 valence electrons. The zero-order chi connectivity index (χ0) is 63.5. The van der Waals surface area contributed by atoms with Crippen LogP contribution in [0.5, 0.6) is 0 Å². The number of hydrogen-bond acceptors (Lipinski definition) is 10. The van der Waals surface area contributed by atoms with Crippen LogP contribution in [-0.2, 0) is 84.7 Å². The number of amides is 1. The van der Waals surface area contributed by atoms with Crippen molar-refractivity contribution < 1.29 is 86.4 Å². The number of ketones is 1. The van der Waals surface area contributed by atoms with Crippen LogP contribution in [0.1, 0.15) is 158 Å². The second kappa shape index (κ2) is 29.0. The Labute approximate surface area is 483 Å². The summed E-state index contributed by atoms with van der Waals surface area (Å²) in [4.78, 5) is 51.6. The van der Waals surface area contributed by atoms with E-state index < -0.39 is 112 Å². The number of carboxylic acids is 1. The maximum atomic E-state index is 14.2. The largest absolute Gasteiger partial charge is 0.480 e. The number of carbonyl (C=O) groups is 4. The number of aromatic nitrogens is 7. The van der Waals surface area contributed by atoms with Gasteiger partial charge in [0.25, 0.3) is 5.91 Å². The number of nitrogens with two attached hydrogens (primary N) is 1. The van der Waals surface area contributed by atoms with E-state index in [9.17, 15) is 71.9 Å². The van der Waals surface area contributed by atoms with Crippen molar-refractivity contribution in [2.75, 3.05) is 19.8 Å². The number of halogens is 12. The molecule has 3 N–H and O–H groups in total. The number of ether oxygens (including phenoxy) is 2. The Kier molecular flexibility index (Phi) is 24.5. The topological polar surface area (TPSA) is 199 Å². The fraction of sp³-hybridized carbons (Fsp3) is 0.483. The molecule has 1 aliphatic rings. The second-order valence-electron chi connectivity index (χ2n) is 22.4. The van der Waals surface area contributed by atoms with Crippen LogP contribution in [-0.4, -0.2) is 82.9 Å². The molecule has 7 rings (SSSR count). The van der Waals surface area contributed by atoms with Gasteiger partial charge >= 0.3 is 30.5 Å². The second-order valence-corrected chi connectivity index (χ2v) is 22.4. The third-order valence-corrected chi connectivity index (χ3v) is 12.2. The Morgan fingerprint density at radius 1 is 0.647 bits per heavy atom. The first-order valence-corrected chi connectivity index (χ1v) is 26.0. The van der Waals surface area contributed by atoms with E-state index >= 15 is 0 Å². The van der Waals surface area contributed by atoms with Gasteiger partial charge in [0.15, 0.2) is 22.9 Å². The number of Topliss-reactive ketones (excluding diaryl/α,β-unsaturated/α-hetero) is 1. The molecule has 27 heteroatoms. The molecule has 1 saturated heterocycles. The highest BCUT2D eigenvalue weighted by Gasteiger charge is 2.39. The number of pyridine rings is 1. The first kappa shape index (κ1) is 71.7. The molecule has 6 aromatic rings. The number of nitrogens with zero attached hydrogens (tertiary/aromatic N) is 7. The van der Waals surface area contributed by atoms with Crippen molar-refractivity contribution >= 4 is 23.6 Å². The Balaban J connectivity index is 0.000000369. The standard InChI is InChI=1S/C31H28F6N4O2.C12H17F3N2O2.C10H13F3N2O2.C4H8O.CH4/c1-30(2,3)27-15-26(31(35,36)37)40-41(27)16-22(42)12-19(9-17-10-20(32)14-21(33)11-17)28-23(5-4-8-39-28)18-6-7-25(34)24(13-18)29(38)43;1-5-19-10(18)7-17-9(11(2,3)4)6-8(16-17)12(13,14)15;1-9(2,3)7-4-6(10(11,12)13)14-15(7)5-8(16)17;1-2-4-5-3-1;/h4-8,10-11,13-15,19H,9,12,16H2,1-3H3,(H2,38,43);6H,5,7H2,1-4H3;4H,5H2,1-3H3,(H,16,17);1-4H2;1H4/t19-;;;;/m1..../s1. The maximum Gasteiger partial charge on any atom is 0.435 e. The van der Waals surface area contributed by atoms with Gasteiger partial charge in [-0.1, -0.05) is 81.9 Å². The molecular formula is C58H70F12N8O7. The quantitative estimate of drug-likeness (QED) is 0.0777. The summed E-state index contributed by atoms with van der Waals surface area (Å²) in [6.45, 7) is 17.8. The molecule has 5 heterocycles. The van der Waals surface area contributed by atoms with E-state index in [4.69, 9.17) is 20.3 Å². The van der Waals surface area contributed by atoms with Crippen LogP contribution < -0.4 is 5.73 Å². The van der Waals surface area contributed by atoms with Gasteiger partial charge in [-0.3, -0.25) is 38.2 Å². The molecule has 1 aliphatic heterocycles. The maximum absolute atomic E-state index is 14.2. The summed E-state index contributed by atoms with van der Waals surface area (Å²) in [5.74, 6) is -6.69. The van der Waals surface area contributed by atoms with Gasteiger partial charge < -0.3 is 20.3 Å². The van der Waals surface area contributed by atoms with Crippen LogP contribution >= 0.6 is 0 Å². The summed E-state index contributed by atoms with van der Waals surface area (Å²) in [6.07, 6.45) is -10.2. The molecule has 1 fully saturated rings. The fourth-order valence-corrected chi connectivity index (χ4v) is 8.46.